The van der Waals surface area contributed by atoms with E-state index in [-0.39, 0.29) is 13.8 Å². The fourth-order valence-electron chi connectivity index (χ4n) is 2.15. The largest absolute Gasteiger partial charge is 0.319 e. The first-order valence-electron chi connectivity index (χ1n) is 4.72. The zero-order chi connectivity index (χ0) is 13.9. The Kier molecular flexibility index (Phi) is 2.96. The molecular formula is C9H10F8. The van der Waals surface area contributed by atoms with Crippen LogP contribution in [0.5, 0.6) is 0 Å². The molecule has 2 unspecified atom stereocenters. The molecule has 8 heteroatoms. The maximum absolute atomic E-state index is 13.1. The monoisotopic (exact) mass is 270 g/mol. The number of hydrogen-bond acceptors (Lipinski definition) is 0. The van der Waals surface area contributed by atoms with E-state index in [2.05, 4.69) is 0 Å². The molecule has 102 valence electrons. The Morgan fingerprint density at radius 1 is 0.882 bits per heavy atom. The molecule has 0 N–H and O–H groups in total. The van der Waals surface area contributed by atoms with Crippen LogP contribution in [0.1, 0.15) is 20.3 Å². The molecule has 0 heterocycles. The van der Waals surface area contributed by atoms with Crippen molar-refractivity contribution in [3.8, 4) is 0 Å². The highest BCUT2D eigenvalue weighted by atomic mass is 19.3. The summed E-state index contributed by atoms with van der Waals surface area (Å²) in [7, 11) is 0. The maximum Gasteiger partial charge on any atom is 0.319 e. The van der Waals surface area contributed by atoms with Crippen LogP contribution in [0, 0.1) is 11.8 Å². The molecule has 0 bridgehead atoms. The summed E-state index contributed by atoms with van der Waals surface area (Å²) in [6.07, 6.45) is -1.95. The normalized spacial score (nSPS) is 32.8. The van der Waals surface area contributed by atoms with Gasteiger partial charge in [-0.05, 0) is 13.8 Å². The van der Waals surface area contributed by atoms with E-state index in [0.29, 0.717) is 0 Å². The van der Waals surface area contributed by atoms with Gasteiger partial charge in [0, 0.05) is 12.3 Å². The lowest BCUT2D eigenvalue weighted by Crippen LogP contribution is -2.48. The van der Waals surface area contributed by atoms with Crippen LogP contribution in [0.25, 0.3) is 0 Å². The van der Waals surface area contributed by atoms with Crippen LogP contribution in [-0.2, 0) is 0 Å². The van der Waals surface area contributed by atoms with E-state index in [0.717, 1.165) is 0 Å². The summed E-state index contributed by atoms with van der Waals surface area (Å²) in [5.41, 5.74) is 0. The average molecular weight is 270 g/mol. The van der Waals surface area contributed by atoms with E-state index in [4.69, 9.17) is 0 Å². The summed E-state index contributed by atoms with van der Waals surface area (Å²) in [5, 5.41) is 0. The quantitative estimate of drug-likeness (QED) is 0.659. The van der Waals surface area contributed by atoms with Crippen LogP contribution >= 0.6 is 0 Å². The minimum absolute atomic E-state index is 0.0499. The van der Waals surface area contributed by atoms with Crippen LogP contribution in [0.3, 0.4) is 0 Å². The number of hydrogen-bond donors (Lipinski definition) is 0. The number of alkyl halides is 8. The van der Waals surface area contributed by atoms with Gasteiger partial charge in [-0.2, -0.15) is 17.6 Å². The number of rotatable bonds is 2. The van der Waals surface area contributed by atoms with Gasteiger partial charge in [-0.3, -0.25) is 0 Å². The summed E-state index contributed by atoms with van der Waals surface area (Å²) >= 11 is 0. The van der Waals surface area contributed by atoms with Crippen molar-refractivity contribution in [2.24, 2.45) is 11.8 Å². The molecule has 0 aromatic rings. The van der Waals surface area contributed by atoms with E-state index in [1.165, 1.54) is 0 Å². The molecule has 0 saturated heterocycles. The molecule has 1 rings (SSSR count). The SMILES string of the molecule is CC(F)(F)C1CC(F)(F)C(F)(F)C1C(C)(F)F. The average Bonchev–Trinajstić information content (AvgIpc) is 2.15. The summed E-state index contributed by atoms with van der Waals surface area (Å²) < 4.78 is 104. The molecule has 1 saturated carbocycles. The first-order valence-corrected chi connectivity index (χ1v) is 4.72. The molecule has 0 radical (unpaired) electrons. The van der Waals surface area contributed by atoms with E-state index in [1.54, 1.807) is 0 Å². The van der Waals surface area contributed by atoms with E-state index >= 15 is 0 Å². The Balaban J connectivity index is 3.27. The van der Waals surface area contributed by atoms with Gasteiger partial charge in [0.15, 0.2) is 0 Å². The van der Waals surface area contributed by atoms with Crippen molar-refractivity contribution in [3.05, 3.63) is 0 Å². The van der Waals surface area contributed by atoms with Crippen LogP contribution in [-0.4, -0.2) is 23.7 Å². The van der Waals surface area contributed by atoms with Crippen LogP contribution < -0.4 is 0 Å². The molecule has 17 heavy (non-hydrogen) atoms. The topological polar surface area (TPSA) is 0 Å². The van der Waals surface area contributed by atoms with Crippen molar-refractivity contribution in [3.63, 3.8) is 0 Å². The van der Waals surface area contributed by atoms with Gasteiger partial charge in [0.25, 0.3) is 5.92 Å². The predicted molar refractivity (Wildman–Crippen MR) is 42.7 cm³/mol. The highest BCUT2D eigenvalue weighted by molar-refractivity contribution is 5.08. The second kappa shape index (κ2) is 3.47. The molecule has 0 aromatic heterocycles. The molecule has 0 amide bonds. The predicted octanol–water partition coefficient (Wildman–Crippen LogP) is 4.20. The molecule has 0 spiro atoms. The molecular weight excluding hydrogens is 260 g/mol. The highest BCUT2D eigenvalue weighted by Gasteiger charge is 2.77. The van der Waals surface area contributed by atoms with Crippen molar-refractivity contribution in [2.75, 3.05) is 0 Å². The van der Waals surface area contributed by atoms with Crippen LogP contribution in [0.4, 0.5) is 35.1 Å². The molecule has 0 nitrogen and oxygen atoms in total. The summed E-state index contributed by atoms with van der Waals surface area (Å²) in [4.78, 5) is 0. The summed E-state index contributed by atoms with van der Waals surface area (Å²) in [5.74, 6) is -24.4. The van der Waals surface area contributed by atoms with Gasteiger partial charge in [-0.25, -0.2) is 17.6 Å². The third-order valence-electron chi connectivity index (χ3n) is 2.95. The zero-order valence-corrected chi connectivity index (χ0v) is 8.89. The Morgan fingerprint density at radius 3 is 1.53 bits per heavy atom. The van der Waals surface area contributed by atoms with Crippen molar-refractivity contribution >= 4 is 0 Å². The highest BCUT2D eigenvalue weighted by Crippen LogP contribution is 2.61. The smallest absolute Gasteiger partial charge is 0.207 e. The molecule has 1 aliphatic rings. The van der Waals surface area contributed by atoms with Crippen LogP contribution in [0.15, 0.2) is 0 Å². The number of halogens is 8. The Bertz CT molecular complexity index is 297. The molecule has 1 aliphatic carbocycles. The van der Waals surface area contributed by atoms with Crippen molar-refractivity contribution in [1.29, 1.82) is 0 Å². The van der Waals surface area contributed by atoms with E-state index < -0.39 is 41.9 Å². The minimum Gasteiger partial charge on any atom is -0.207 e. The zero-order valence-electron chi connectivity index (χ0n) is 8.89. The second-order valence-corrected chi connectivity index (χ2v) is 4.53. The molecule has 1 fully saturated rings. The van der Waals surface area contributed by atoms with Gasteiger partial charge in [0.05, 0.1) is 0 Å². The van der Waals surface area contributed by atoms with Crippen molar-refractivity contribution < 1.29 is 35.1 Å². The van der Waals surface area contributed by atoms with Gasteiger partial charge in [-0.15, -0.1) is 0 Å². The van der Waals surface area contributed by atoms with Gasteiger partial charge < -0.3 is 0 Å². The fourth-order valence-corrected chi connectivity index (χ4v) is 2.15. The van der Waals surface area contributed by atoms with Crippen molar-refractivity contribution in [1.82, 2.24) is 0 Å². The van der Waals surface area contributed by atoms with Gasteiger partial charge in [0.2, 0.25) is 5.92 Å². The first kappa shape index (κ1) is 14.5. The van der Waals surface area contributed by atoms with E-state index in [1.807, 2.05) is 0 Å². The second-order valence-electron chi connectivity index (χ2n) is 4.53. The lowest BCUT2D eigenvalue weighted by Gasteiger charge is -2.32. The van der Waals surface area contributed by atoms with E-state index in [9.17, 15) is 35.1 Å². The standard InChI is InChI=1S/C9H10F8/c1-6(10,11)4-3-8(14,15)9(16,17)5(4)7(2,12)13/h4-5H,3H2,1-2H3. The Morgan fingerprint density at radius 2 is 1.29 bits per heavy atom. The maximum atomic E-state index is 13.1. The summed E-state index contributed by atoms with van der Waals surface area (Å²) in [6, 6.07) is 0. The molecule has 0 aliphatic heterocycles. The van der Waals surface area contributed by atoms with Crippen LogP contribution in [0.2, 0.25) is 0 Å². The Labute approximate surface area is 92.0 Å². The van der Waals surface area contributed by atoms with Gasteiger partial charge in [-0.1, -0.05) is 0 Å². The minimum atomic E-state index is -5.14. The van der Waals surface area contributed by atoms with Gasteiger partial charge >= 0.3 is 11.8 Å². The lowest BCUT2D eigenvalue weighted by molar-refractivity contribution is -0.246. The molecule has 2 atom stereocenters. The molecule has 0 aromatic carbocycles. The van der Waals surface area contributed by atoms with Crippen molar-refractivity contribution in [2.45, 2.75) is 44.0 Å². The first-order chi connectivity index (χ1) is 7.21. The lowest BCUT2D eigenvalue weighted by atomic mass is 9.85. The summed E-state index contributed by atoms with van der Waals surface area (Å²) in [6.45, 7) is 0.0413. The third-order valence-corrected chi connectivity index (χ3v) is 2.95. The Hall–Kier alpha value is -0.560. The third kappa shape index (κ3) is 2.22. The van der Waals surface area contributed by atoms with Gasteiger partial charge in [0.1, 0.15) is 5.92 Å². The fraction of sp³-hybridized carbons (Fsp3) is 1.00.